The fourth-order valence-corrected chi connectivity index (χ4v) is 4.69. The quantitative estimate of drug-likeness (QED) is 0.586. The molecule has 2 bridgehead atoms. The van der Waals surface area contributed by atoms with Crippen LogP contribution in [0.4, 0.5) is 0 Å². The molecule has 0 saturated heterocycles. The highest BCUT2D eigenvalue weighted by Crippen LogP contribution is 2.44. The van der Waals surface area contributed by atoms with Crippen LogP contribution < -0.4 is 16.2 Å². The van der Waals surface area contributed by atoms with E-state index in [1.54, 1.807) is 11.3 Å². The summed E-state index contributed by atoms with van der Waals surface area (Å²) >= 11 is 6.90. The lowest BCUT2D eigenvalue weighted by molar-refractivity contribution is 0.0944. The van der Waals surface area contributed by atoms with E-state index in [1.165, 1.54) is 30.6 Å². The van der Waals surface area contributed by atoms with Gasteiger partial charge in [0.25, 0.3) is 5.91 Å². The van der Waals surface area contributed by atoms with E-state index in [2.05, 4.69) is 30.0 Å². The van der Waals surface area contributed by atoms with Gasteiger partial charge in [0.1, 0.15) is 0 Å². The number of hydrogen-bond acceptors (Lipinski definition) is 3. The van der Waals surface area contributed by atoms with Gasteiger partial charge in [0.05, 0.1) is 5.56 Å². The molecule has 2 saturated carbocycles. The lowest BCUT2D eigenvalue weighted by Crippen LogP contribution is -2.50. The highest BCUT2D eigenvalue weighted by atomic mass is 32.1. The zero-order valence-corrected chi connectivity index (χ0v) is 14.7. The summed E-state index contributed by atoms with van der Waals surface area (Å²) < 4.78 is 0. The van der Waals surface area contributed by atoms with Crippen LogP contribution in [0.15, 0.2) is 11.4 Å². The number of carbonyl (C=O) groups excluding carboxylic acids is 1. The van der Waals surface area contributed by atoms with E-state index in [9.17, 15) is 4.79 Å². The monoisotopic (exact) mass is 337 g/mol. The van der Waals surface area contributed by atoms with Crippen LogP contribution in [-0.4, -0.2) is 17.1 Å². The molecule has 1 amide bonds. The highest BCUT2D eigenvalue weighted by molar-refractivity contribution is 7.80. The molecule has 6 heteroatoms. The maximum Gasteiger partial charge on any atom is 0.270 e. The van der Waals surface area contributed by atoms with E-state index in [4.69, 9.17) is 12.2 Å². The molecule has 0 unspecified atom stereocenters. The topological polar surface area (TPSA) is 53.2 Å². The van der Waals surface area contributed by atoms with Crippen molar-refractivity contribution in [2.24, 2.45) is 11.8 Å². The zero-order chi connectivity index (χ0) is 15.7. The average Bonchev–Trinajstić information content (AvgIpc) is 3.20. The summed E-state index contributed by atoms with van der Waals surface area (Å²) in [5.41, 5.74) is 6.20. The Hall–Kier alpha value is -1.14. The molecule has 2 aliphatic carbocycles. The van der Waals surface area contributed by atoms with Crippen molar-refractivity contribution in [2.45, 2.75) is 51.5 Å². The van der Waals surface area contributed by atoms with Gasteiger partial charge < -0.3 is 5.32 Å². The zero-order valence-electron chi connectivity index (χ0n) is 13.0. The van der Waals surface area contributed by atoms with E-state index >= 15 is 0 Å². The van der Waals surface area contributed by atoms with Crippen molar-refractivity contribution < 1.29 is 4.79 Å². The van der Waals surface area contributed by atoms with Crippen LogP contribution in [0.25, 0.3) is 0 Å². The van der Waals surface area contributed by atoms with E-state index < -0.39 is 0 Å². The highest BCUT2D eigenvalue weighted by Gasteiger charge is 2.39. The molecule has 1 heterocycles. The Labute approximate surface area is 141 Å². The van der Waals surface area contributed by atoms with Crippen LogP contribution >= 0.6 is 23.6 Å². The van der Waals surface area contributed by atoms with Gasteiger partial charge in [0.15, 0.2) is 5.11 Å². The number of carbonyl (C=O) groups is 1. The normalized spacial score (nSPS) is 26.2. The van der Waals surface area contributed by atoms with Crippen molar-refractivity contribution in [3.05, 3.63) is 21.9 Å². The first-order valence-electron chi connectivity index (χ1n) is 7.98. The molecular formula is C16H23N3OS2. The van der Waals surface area contributed by atoms with E-state index in [-0.39, 0.29) is 5.91 Å². The predicted octanol–water partition coefficient (Wildman–Crippen LogP) is 3.17. The summed E-state index contributed by atoms with van der Waals surface area (Å²) in [5, 5.41) is 5.76. The van der Waals surface area contributed by atoms with Gasteiger partial charge in [-0.3, -0.25) is 15.6 Å². The number of hydrogen-bond donors (Lipinski definition) is 3. The van der Waals surface area contributed by atoms with E-state index in [0.717, 1.165) is 11.8 Å². The molecule has 4 nitrogen and oxygen atoms in total. The minimum Gasteiger partial charge on any atom is -0.358 e. The first-order valence-corrected chi connectivity index (χ1v) is 9.27. The largest absolute Gasteiger partial charge is 0.358 e. The van der Waals surface area contributed by atoms with Crippen LogP contribution in [0.1, 0.15) is 60.7 Å². The van der Waals surface area contributed by atoms with Crippen LogP contribution in [0, 0.1) is 11.8 Å². The third-order valence-corrected chi connectivity index (χ3v) is 6.25. The van der Waals surface area contributed by atoms with Crippen molar-refractivity contribution in [2.75, 3.05) is 0 Å². The molecule has 3 N–H and O–H groups in total. The van der Waals surface area contributed by atoms with Gasteiger partial charge in [-0.15, -0.1) is 11.3 Å². The van der Waals surface area contributed by atoms with E-state index in [0.29, 0.717) is 22.6 Å². The molecule has 0 spiro atoms. The summed E-state index contributed by atoms with van der Waals surface area (Å²) in [4.78, 5) is 13.3. The van der Waals surface area contributed by atoms with Crippen LogP contribution in [-0.2, 0) is 0 Å². The molecule has 22 heavy (non-hydrogen) atoms. The third-order valence-electron chi connectivity index (χ3n) is 4.80. The maximum atomic E-state index is 12.1. The van der Waals surface area contributed by atoms with Gasteiger partial charge in [0, 0.05) is 16.3 Å². The molecule has 3 atom stereocenters. The summed E-state index contributed by atoms with van der Waals surface area (Å²) in [7, 11) is 0. The molecule has 2 fully saturated rings. The average molecular weight is 338 g/mol. The molecule has 1 aromatic heterocycles. The maximum absolute atomic E-state index is 12.1. The van der Waals surface area contributed by atoms with Crippen molar-refractivity contribution in [1.82, 2.24) is 16.2 Å². The smallest absolute Gasteiger partial charge is 0.270 e. The van der Waals surface area contributed by atoms with Crippen molar-refractivity contribution >= 4 is 34.6 Å². The van der Waals surface area contributed by atoms with E-state index in [1.807, 2.05) is 11.4 Å². The number of nitrogens with one attached hydrogen (secondary N) is 3. The molecule has 120 valence electrons. The van der Waals surface area contributed by atoms with Crippen molar-refractivity contribution in [3.63, 3.8) is 0 Å². The minimum atomic E-state index is -0.139. The lowest BCUT2D eigenvalue weighted by Gasteiger charge is -2.24. The molecule has 2 aliphatic rings. The molecule has 0 aliphatic heterocycles. The summed E-state index contributed by atoms with van der Waals surface area (Å²) in [6.07, 6.45) is 5.22. The second kappa shape index (κ2) is 6.54. The molecule has 0 aromatic carbocycles. The number of amides is 1. The Morgan fingerprint density at radius 2 is 2.14 bits per heavy atom. The fourth-order valence-electron chi connectivity index (χ4n) is 3.59. The SMILES string of the molecule is CC(C)c1cc(C(=O)NNC(=S)N[C@@H]2C[C@H]3CC[C@H]2C3)cs1. The summed E-state index contributed by atoms with van der Waals surface area (Å²) in [6.45, 7) is 4.25. The second-order valence-corrected chi connectivity index (χ2v) is 8.08. The van der Waals surface area contributed by atoms with Gasteiger partial charge in [-0.05, 0) is 55.3 Å². The van der Waals surface area contributed by atoms with Gasteiger partial charge in [-0.1, -0.05) is 20.3 Å². The van der Waals surface area contributed by atoms with Gasteiger partial charge in [-0.2, -0.15) is 0 Å². The fraction of sp³-hybridized carbons (Fsp3) is 0.625. The third kappa shape index (κ3) is 3.43. The first-order chi connectivity index (χ1) is 10.5. The Balaban J connectivity index is 1.45. The first kappa shape index (κ1) is 15.7. The number of fused-ring (bicyclic) bond motifs is 2. The number of thiophene rings is 1. The predicted molar refractivity (Wildman–Crippen MR) is 94.0 cm³/mol. The molecular weight excluding hydrogens is 314 g/mol. The molecule has 0 radical (unpaired) electrons. The van der Waals surface area contributed by atoms with Gasteiger partial charge in [0.2, 0.25) is 0 Å². The standard InChI is InChI=1S/C16H23N3OS2/c1-9(2)14-7-12(8-22-14)15(20)18-19-16(21)17-13-6-10-3-4-11(13)5-10/h7-11,13H,3-6H2,1-2H3,(H,18,20)(H2,17,19,21)/t10-,11-,13+/m0/s1. The Bertz CT molecular complexity index is 569. The second-order valence-electron chi connectivity index (χ2n) is 6.73. The molecule has 3 rings (SSSR count). The summed E-state index contributed by atoms with van der Waals surface area (Å²) in [6, 6.07) is 2.42. The van der Waals surface area contributed by atoms with Gasteiger partial charge in [-0.25, -0.2) is 0 Å². The number of thiocarbonyl (C=S) groups is 1. The summed E-state index contributed by atoms with van der Waals surface area (Å²) in [5.74, 6) is 1.94. The van der Waals surface area contributed by atoms with Gasteiger partial charge >= 0.3 is 0 Å². The van der Waals surface area contributed by atoms with Crippen LogP contribution in [0.2, 0.25) is 0 Å². The molecule has 1 aromatic rings. The van der Waals surface area contributed by atoms with Crippen LogP contribution in [0.3, 0.4) is 0 Å². The Morgan fingerprint density at radius 3 is 2.73 bits per heavy atom. The number of hydrazine groups is 1. The minimum absolute atomic E-state index is 0.139. The van der Waals surface area contributed by atoms with Crippen molar-refractivity contribution in [1.29, 1.82) is 0 Å². The Morgan fingerprint density at radius 1 is 1.32 bits per heavy atom. The number of rotatable bonds is 3. The lowest BCUT2D eigenvalue weighted by atomic mass is 9.96. The van der Waals surface area contributed by atoms with Crippen molar-refractivity contribution in [3.8, 4) is 0 Å². The van der Waals surface area contributed by atoms with Crippen LogP contribution in [0.5, 0.6) is 0 Å². The Kier molecular flexibility index (Phi) is 4.68.